The Hall–Kier alpha value is -4.01. The number of aromatic nitrogens is 4. The first kappa shape index (κ1) is 24.1. The number of nitrogens with zero attached hydrogens (tertiary/aromatic N) is 5. The van der Waals surface area contributed by atoms with Crippen molar-refractivity contribution in [3.63, 3.8) is 0 Å². The smallest absolute Gasteiger partial charge is 0.434 e. The molecule has 1 saturated heterocycles. The Bertz CT molecular complexity index is 1220. The molecule has 4 rings (SSSR count). The zero-order chi connectivity index (χ0) is 25.2. The van der Waals surface area contributed by atoms with Gasteiger partial charge in [-0.05, 0) is 24.5 Å². The minimum Gasteiger partial charge on any atom is -0.472 e. The summed E-state index contributed by atoms with van der Waals surface area (Å²) in [6.45, 7) is 2.25. The lowest BCUT2D eigenvalue weighted by atomic mass is 10.2. The Morgan fingerprint density at radius 1 is 1.20 bits per heavy atom. The van der Waals surface area contributed by atoms with Crippen molar-refractivity contribution in [2.45, 2.75) is 25.6 Å². The maximum atomic E-state index is 12.9. The standard InChI is InChI=1S/C20H18F3N7O4S/c1-10-16(18(35-29-10)28-14-8-24-13(7-25-14)20(21,22)23)17(31)27-11-2-3-15(26-6-11)34-12-4-5-30(9-12)19(32)33/h2-3,6-8,12H,4-5,9H2,1H3,(H,25,28)(H,27,31)(H,32,33)/t12-/m1/s1. The lowest BCUT2D eigenvalue weighted by molar-refractivity contribution is -0.141. The molecule has 15 heteroatoms. The zero-order valence-electron chi connectivity index (χ0n) is 18.0. The van der Waals surface area contributed by atoms with E-state index in [2.05, 4.69) is 30.0 Å². The van der Waals surface area contributed by atoms with Gasteiger partial charge in [0.25, 0.3) is 5.91 Å². The Morgan fingerprint density at radius 3 is 2.60 bits per heavy atom. The van der Waals surface area contributed by atoms with Crippen molar-refractivity contribution in [3.05, 3.63) is 47.7 Å². The van der Waals surface area contributed by atoms with Gasteiger partial charge in [0, 0.05) is 19.0 Å². The summed E-state index contributed by atoms with van der Waals surface area (Å²) in [7, 11) is 0. The molecule has 1 atom stereocenters. The predicted molar refractivity (Wildman–Crippen MR) is 118 cm³/mol. The highest BCUT2D eigenvalue weighted by molar-refractivity contribution is 7.10. The average molecular weight is 509 g/mol. The maximum absolute atomic E-state index is 12.9. The van der Waals surface area contributed by atoms with Crippen molar-refractivity contribution in [2.24, 2.45) is 0 Å². The molecular weight excluding hydrogens is 491 g/mol. The van der Waals surface area contributed by atoms with E-state index >= 15 is 0 Å². The molecule has 3 N–H and O–H groups in total. The molecule has 184 valence electrons. The van der Waals surface area contributed by atoms with Gasteiger partial charge in [0.15, 0.2) is 5.69 Å². The summed E-state index contributed by atoms with van der Waals surface area (Å²) < 4.78 is 47.9. The summed E-state index contributed by atoms with van der Waals surface area (Å²) in [6, 6.07) is 3.13. The summed E-state index contributed by atoms with van der Waals surface area (Å²) >= 11 is 0.949. The van der Waals surface area contributed by atoms with E-state index < -0.39 is 23.9 Å². The summed E-state index contributed by atoms with van der Waals surface area (Å²) in [4.78, 5) is 36.3. The van der Waals surface area contributed by atoms with Gasteiger partial charge in [-0.15, -0.1) is 0 Å². The highest BCUT2D eigenvalue weighted by Gasteiger charge is 2.33. The van der Waals surface area contributed by atoms with Crippen LogP contribution in [0.15, 0.2) is 30.7 Å². The van der Waals surface area contributed by atoms with Crippen LogP contribution in [0.2, 0.25) is 0 Å². The Kier molecular flexibility index (Phi) is 6.68. The minimum atomic E-state index is -4.61. The molecule has 35 heavy (non-hydrogen) atoms. The van der Waals surface area contributed by atoms with E-state index in [9.17, 15) is 22.8 Å². The molecule has 1 aliphatic heterocycles. The minimum absolute atomic E-state index is 0.0206. The number of hydrogen-bond donors (Lipinski definition) is 3. The second-order valence-corrected chi connectivity index (χ2v) is 8.25. The van der Waals surface area contributed by atoms with Gasteiger partial charge < -0.3 is 25.4 Å². The van der Waals surface area contributed by atoms with Gasteiger partial charge in [-0.2, -0.15) is 17.5 Å². The van der Waals surface area contributed by atoms with Crippen molar-refractivity contribution in [1.29, 1.82) is 0 Å². The number of amides is 2. The van der Waals surface area contributed by atoms with Gasteiger partial charge in [0.2, 0.25) is 5.88 Å². The van der Waals surface area contributed by atoms with E-state index in [1.54, 1.807) is 19.1 Å². The second-order valence-electron chi connectivity index (χ2n) is 7.48. The quantitative estimate of drug-likeness (QED) is 0.452. The van der Waals surface area contributed by atoms with Crippen molar-refractivity contribution < 1.29 is 32.6 Å². The van der Waals surface area contributed by atoms with E-state index in [0.29, 0.717) is 30.5 Å². The summed E-state index contributed by atoms with van der Waals surface area (Å²) in [6.07, 6.45) is -2.46. The number of pyridine rings is 1. The van der Waals surface area contributed by atoms with E-state index in [-0.39, 0.29) is 34.9 Å². The number of nitrogens with one attached hydrogen (secondary N) is 2. The van der Waals surface area contributed by atoms with Gasteiger partial charge >= 0.3 is 12.3 Å². The van der Waals surface area contributed by atoms with Crippen LogP contribution in [0.1, 0.15) is 28.2 Å². The molecule has 1 aliphatic rings. The Balaban J connectivity index is 1.39. The average Bonchev–Trinajstić information content (AvgIpc) is 3.41. The van der Waals surface area contributed by atoms with Crippen LogP contribution in [0, 0.1) is 6.92 Å². The largest absolute Gasteiger partial charge is 0.472 e. The molecule has 11 nitrogen and oxygen atoms in total. The number of carboxylic acid groups (broad SMARTS) is 1. The molecule has 0 aromatic carbocycles. The molecule has 4 heterocycles. The van der Waals surface area contributed by atoms with Crippen LogP contribution in [0.3, 0.4) is 0 Å². The van der Waals surface area contributed by atoms with Crippen LogP contribution >= 0.6 is 11.5 Å². The number of halogens is 3. The number of anilines is 3. The van der Waals surface area contributed by atoms with E-state index in [1.165, 1.54) is 11.1 Å². The first-order valence-corrected chi connectivity index (χ1v) is 10.9. The number of carbonyl (C=O) groups excluding carboxylic acids is 1. The van der Waals surface area contributed by atoms with Gasteiger partial charge in [0.1, 0.15) is 16.9 Å². The van der Waals surface area contributed by atoms with Gasteiger partial charge in [-0.1, -0.05) is 0 Å². The van der Waals surface area contributed by atoms with Crippen LogP contribution in [-0.2, 0) is 6.18 Å². The molecule has 3 aromatic heterocycles. The third kappa shape index (κ3) is 5.74. The van der Waals surface area contributed by atoms with E-state index in [0.717, 1.165) is 17.7 Å². The van der Waals surface area contributed by atoms with Gasteiger partial charge in [-0.25, -0.2) is 19.7 Å². The first-order valence-electron chi connectivity index (χ1n) is 10.1. The third-order valence-corrected chi connectivity index (χ3v) is 5.82. The normalized spacial score (nSPS) is 15.7. The number of aryl methyl sites for hydroxylation is 1. The molecule has 1 fully saturated rings. The summed E-state index contributed by atoms with van der Waals surface area (Å²) in [5.74, 6) is -0.203. The van der Waals surface area contributed by atoms with Gasteiger partial charge in [0.05, 0.1) is 42.1 Å². The number of alkyl halides is 3. The molecule has 3 aromatic rings. The maximum Gasteiger partial charge on any atom is 0.434 e. The molecule has 0 unspecified atom stereocenters. The SMILES string of the molecule is Cc1nsc(Nc2cnc(C(F)(F)F)cn2)c1C(=O)Nc1ccc(O[C@@H]2CCN(C(=O)O)C2)nc1. The number of carbonyl (C=O) groups is 2. The fourth-order valence-electron chi connectivity index (χ4n) is 3.26. The predicted octanol–water partition coefficient (Wildman–Crippen LogP) is 3.78. The lowest BCUT2D eigenvalue weighted by Crippen LogP contribution is -2.29. The highest BCUT2D eigenvalue weighted by atomic mass is 32.1. The topological polar surface area (TPSA) is 142 Å². The fourth-order valence-corrected chi connectivity index (χ4v) is 4.07. The summed E-state index contributed by atoms with van der Waals surface area (Å²) in [5.41, 5.74) is -0.163. The van der Waals surface area contributed by atoms with Crippen LogP contribution in [0.25, 0.3) is 0 Å². The van der Waals surface area contributed by atoms with Crippen LogP contribution in [-0.4, -0.2) is 60.5 Å². The number of ether oxygens (including phenoxy) is 1. The monoisotopic (exact) mass is 509 g/mol. The molecule has 0 bridgehead atoms. The van der Waals surface area contributed by atoms with E-state index in [1.807, 2.05) is 0 Å². The molecule has 0 saturated carbocycles. The van der Waals surface area contributed by atoms with E-state index in [4.69, 9.17) is 9.84 Å². The van der Waals surface area contributed by atoms with Crippen LogP contribution < -0.4 is 15.4 Å². The van der Waals surface area contributed by atoms with Crippen LogP contribution in [0.4, 0.5) is 34.5 Å². The van der Waals surface area contributed by atoms with Crippen molar-refractivity contribution in [2.75, 3.05) is 23.7 Å². The van der Waals surface area contributed by atoms with Crippen molar-refractivity contribution in [1.82, 2.24) is 24.2 Å². The Labute approximate surface area is 200 Å². The number of likely N-dealkylation sites (tertiary alicyclic amines) is 1. The molecule has 0 spiro atoms. The molecular formula is C20H18F3N7O4S. The Morgan fingerprint density at radius 2 is 2.00 bits per heavy atom. The molecule has 2 amide bonds. The van der Waals surface area contributed by atoms with Crippen LogP contribution in [0.5, 0.6) is 5.88 Å². The molecule has 0 aliphatic carbocycles. The number of hydrogen-bond acceptors (Lipinski definition) is 9. The second kappa shape index (κ2) is 9.69. The fraction of sp³-hybridized carbons (Fsp3) is 0.300. The highest BCUT2D eigenvalue weighted by Crippen LogP contribution is 2.30. The first-order chi connectivity index (χ1) is 16.6. The third-order valence-electron chi connectivity index (χ3n) is 4.97. The zero-order valence-corrected chi connectivity index (χ0v) is 18.9. The van der Waals surface area contributed by atoms with Crippen molar-refractivity contribution >= 4 is 40.0 Å². The van der Waals surface area contributed by atoms with Crippen molar-refractivity contribution in [3.8, 4) is 5.88 Å². The van der Waals surface area contributed by atoms with Gasteiger partial charge in [-0.3, -0.25) is 4.79 Å². The number of rotatable bonds is 6. The lowest BCUT2D eigenvalue weighted by Gasteiger charge is -2.14. The summed E-state index contributed by atoms with van der Waals surface area (Å²) in [5, 5.41) is 14.8. The molecule has 0 radical (unpaired) electrons.